The van der Waals surface area contributed by atoms with Gasteiger partial charge in [-0.3, -0.25) is 0 Å². The summed E-state index contributed by atoms with van der Waals surface area (Å²) < 4.78 is 10.6. The number of hydrazine groups is 1. The maximum absolute atomic E-state index is 6.15. The molecule has 0 bridgehead atoms. The van der Waals surface area contributed by atoms with Crippen LogP contribution in [0.1, 0.15) is 20.8 Å². The maximum atomic E-state index is 6.15. The van der Waals surface area contributed by atoms with Crippen molar-refractivity contribution in [1.29, 1.82) is 0 Å². The second kappa shape index (κ2) is 7.22. The van der Waals surface area contributed by atoms with Crippen molar-refractivity contribution in [2.45, 2.75) is 26.3 Å². The molecule has 0 aliphatic rings. The lowest BCUT2D eigenvalue weighted by atomic mass is 10.1. The van der Waals surface area contributed by atoms with Crippen molar-refractivity contribution in [2.75, 3.05) is 30.7 Å². The largest absolute Gasteiger partial charge is 0.497 e. The van der Waals surface area contributed by atoms with Crippen molar-refractivity contribution in [3.8, 4) is 11.5 Å². The highest BCUT2D eigenvalue weighted by Crippen LogP contribution is 2.33. The number of nitrogens with one attached hydrogen (secondary N) is 3. The predicted molar refractivity (Wildman–Crippen MR) is 95.8 cm³/mol. The molecule has 0 aliphatic carbocycles. The Morgan fingerprint density at radius 2 is 1.75 bits per heavy atom. The highest BCUT2D eigenvalue weighted by atomic mass is 16.5. The Labute approximate surface area is 141 Å². The van der Waals surface area contributed by atoms with Crippen LogP contribution in [0, 0.1) is 0 Å². The maximum Gasteiger partial charge on any atom is 0.169 e. The van der Waals surface area contributed by atoms with Crippen LogP contribution in [-0.4, -0.2) is 29.7 Å². The highest BCUT2D eigenvalue weighted by Gasteiger charge is 2.14. The van der Waals surface area contributed by atoms with E-state index in [1.807, 2.05) is 32.9 Å². The molecular weight excluding hydrogens is 308 g/mol. The van der Waals surface area contributed by atoms with E-state index in [4.69, 9.17) is 15.2 Å². The lowest BCUT2D eigenvalue weighted by molar-refractivity contribution is 0.395. The van der Waals surface area contributed by atoms with Crippen LogP contribution >= 0.6 is 0 Å². The van der Waals surface area contributed by atoms with E-state index in [-0.39, 0.29) is 5.54 Å². The van der Waals surface area contributed by atoms with Crippen molar-refractivity contribution in [3.63, 3.8) is 0 Å². The molecule has 5 N–H and O–H groups in total. The summed E-state index contributed by atoms with van der Waals surface area (Å²) in [6.45, 7) is 6.08. The number of rotatable bonds is 6. The Kier molecular flexibility index (Phi) is 5.30. The molecule has 0 fully saturated rings. The summed E-state index contributed by atoms with van der Waals surface area (Å²) in [6, 6.07) is 5.43. The summed E-state index contributed by atoms with van der Waals surface area (Å²) >= 11 is 0. The molecule has 8 heteroatoms. The summed E-state index contributed by atoms with van der Waals surface area (Å²) in [5.41, 5.74) is 13.3. The zero-order chi connectivity index (χ0) is 17.7. The molecule has 1 aromatic heterocycles. The smallest absolute Gasteiger partial charge is 0.169 e. The van der Waals surface area contributed by atoms with Crippen molar-refractivity contribution in [1.82, 2.24) is 15.4 Å². The first-order valence-corrected chi connectivity index (χ1v) is 7.47. The number of hydrogen-bond acceptors (Lipinski definition) is 8. The average molecular weight is 332 g/mol. The number of ether oxygens (including phenoxy) is 2. The molecule has 24 heavy (non-hydrogen) atoms. The van der Waals surface area contributed by atoms with Crippen molar-refractivity contribution in [3.05, 3.63) is 24.5 Å². The van der Waals surface area contributed by atoms with E-state index in [1.54, 1.807) is 20.3 Å². The van der Waals surface area contributed by atoms with Crippen LogP contribution in [0.3, 0.4) is 0 Å². The zero-order valence-electron chi connectivity index (χ0n) is 14.6. The van der Waals surface area contributed by atoms with Gasteiger partial charge in [0.25, 0.3) is 0 Å². The SMILES string of the molecule is COc1ccc(Nc2ncnc(NNC(C)(C)C)c2N)c(OC)c1. The third-order valence-corrected chi connectivity index (χ3v) is 3.10. The molecule has 0 atom stereocenters. The van der Waals surface area contributed by atoms with Crippen LogP contribution in [0.4, 0.5) is 23.0 Å². The van der Waals surface area contributed by atoms with E-state index in [2.05, 4.69) is 26.1 Å². The molecule has 2 aromatic rings. The molecule has 130 valence electrons. The first kappa shape index (κ1) is 17.6. The monoisotopic (exact) mass is 332 g/mol. The Bertz CT molecular complexity index is 699. The first-order chi connectivity index (χ1) is 11.3. The molecule has 0 amide bonds. The molecule has 1 aromatic carbocycles. The van der Waals surface area contributed by atoms with Crippen molar-refractivity contribution < 1.29 is 9.47 Å². The fourth-order valence-electron chi connectivity index (χ4n) is 1.87. The minimum atomic E-state index is -0.135. The molecule has 0 radical (unpaired) electrons. The second-order valence-corrected chi connectivity index (χ2v) is 6.18. The fourth-order valence-corrected chi connectivity index (χ4v) is 1.87. The molecule has 0 saturated heterocycles. The van der Waals surface area contributed by atoms with E-state index in [9.17, 15) is 0 Å². The topological polar surface area (TPSA) is 106 Å². The first-order valence-electron chi connectivity index (χ1n) is 7.47. The van der Waals surface area contributed by atoms with Crippen molar-refractivity contribution in [2.24, 2.45) is 0 Å². The number of anilines is 4. The quantitative estimate of drug-likeness (QED) is 0.598. The molecule has 8 nitrogen and oxygen atoms in total. The van der Waals surface area contributed by atoms with Crippen LogP contribution in [0.15, 0.2) is 24.5 Å². The third kappa shape index (κ3) is 4.39. The number of nitrogens with two attached hydrogens (primary N) is 1. The van der Waals surface area contributed by atoms with Gasteiger partial charge in [0.2, 0.25) is 0 Å². The number of hydrogen-bond donors (Lipinski definition) is 4. The molecule has 2 rings (SSSR count). The van der Waals surface area contributed by atoms with Crippen LogP contribution in [0.5, 0.6) is 11.5 Å². The molecule has 0 spiro atoms. The zero-order valence-corrected chi connectivity index (χ0v) is 14.6. The van der Waals surface area contributed by atoms with Crippen LogP contribution in [0.25, 0.3) is 0 Å². The van der Waals surface area contributed by atoms with Gasteiger partial charge in [-0.05, 0) is 32.9 Å². The van der Waals surface area contributed by atoms with E-state index < -0.39 is 0 Å². The van der Waals surface area contributed by atoms with Gasteiger partial charge >= 0.3 is 0 Å². The normalized spacial score (nSPS) is 11.0. The number of aromatic nitrogens is 2. The van der Waals surface area contributed by atoms with Crippen LogP contribution in [-0.2, 0) is 0 Å². The Balaban J connectivity index is 2.24. The lowest BCUT2D eigenvalue weighted by Gasteiger charge is -2.22. The van der Waals surface area contributed by atoms with Gasteiger partial charge in [0, 0.05) is 11.6 Å². The van der Waals surface area contributed by atoms with E-state index in [0.717, 1.165) is 5.69 Å². The number of methoxy groups -OCH3 is 2. The summed E-state index contributed by atoms with van der Waals surface area (Å²) in [7, 11) is 3.19. The molecular formula is C16H24N6O2. The van der Waals surface area contributed by atoms with Crippen LogP contribution in [0.2, 0.25) is 0 Å². The summed E-state index contributed by atoms with van der Waals surface area (Å²) in [4.78, 5) is 8.35. The number of nitrogen functional groups attached to an aromatic ring is 1. The second-order valence-electron chi connectivity index (χ2n) is 6.18. The molecule has 1 heterocycles. The summed E-state index contributed by atoms with van der Waals surface area (Å²) in [6.07, 6.45) is 1.43. The standard InChI is InChI=1S/C16H24N6O2/c1-16(2,3)22-21-15-13(17)14(18-9-19-15)20-11-7-6-10(23-4)8-12(11)24-5/h6-9,22H,17H2,1-5H3,(H2,18,19,20,21). The molecule has 0 aliphatic heterocycles. The number of nitrogens with zero attached hydrogens (tertiary/aromatic N) is 2. The average Bonchev–Trinajstić information content (AvgIpc) is 2.55. The Morgan fingerprint density at radius 1 is 1.04 bits per heavy atom. The van der Waals surface area contributed by atoms with Crippen molar-refractivity contribution >= 4 is 23.0 Å². The van der Waals surface area contributed by atoms with Gasteiger partial charge in [-0.1, -0.05) is 0 Å². The van der Waals surface area contributed by atoms with E-state index in [0.29, 0.717) is 28.8 Å². The minimum absolute atomic E-state index is 0.135. The third-order valence-electron chi connectivity index (χ3n) is 3.10. The number of benzene rings is 1. The van der Waals surface area contributed by atoms with Gasteiger partial charge in [0.05, 0.1) is 19.9 Å². The predicted octanol–water partition coefficient (Wildman–Crippen LogP) is 2.53. The highest BCUT2D eigenvalue weighted by molar-refractivity contribution is 5.79. The lowest BCUT2D eigenvalue weighted by Crippen LogP contribution is -2.40. The summed E-state index contributed by atoms with van der Waals surface area (Å²) in [5.74, 6) is 2.29. The van der Waals surface area contributed by atoms with Gasteiger partial charge in [-0.25, -0.2) is 15.4 Å². The molecule has 0 unspecified atom stereocenters. The van der Waals surface area contributed by atoms with Gasteiger partial charge in [-0.2, -0.15) is 0 Å². The van der Waals surface area contributed by atoms with Gasteiger partial charge < -0.3 is 25.9 Å². The van der Waals surface area contributed by atoms with Crippen LogP contribution < -0.4 is 31.4 Å². The van der Waals surface area contributed by atoms with Gasteiger partial charge in [0.15, 0.2) is 11.6 Å². The fraction of sp³-hybridized carbons (Fsp3) is 0.375. The Morgan fingerprint density at radius 3 is 2.38 bits per heavy atom. The van der Waals surface area contributed by atoms with E-state index >= 15 is 0 Å². The Hall–Kier alpha value is -2.74. The van der Waals surface area contributed by atoms with Gasteiger partial charge in [0.1, 0.15) is 23.5 Å². The summed E-state index contributed by atoms with van der Waals surface area (Å²) in [5, 5.41) is 3.16. The van der Waals surface area contributed by atoms with Gasteiger partial charge in [-0.15, -0.1) is 0 Å². The minimum Gasteiger partial charge on any atom is -0.497 e. The molecule has 0 saturated carbocycles. The van der Waals surface area contributed by atoms with E-state index in [1.165, 1.54) is 6.33 Å².